The van der Waals surface area contributed by atoms with Crippen LogP contribution in [0.2, 0.25) is 0 Å². The van der Waals surface area contributed by atoms with Crippen LogP contribution in [0.5, 0.6) is 0 Å². The average molecular weight is 147 g/mol. The van der Waals surface area contributed by atoms with E-state index in [0.29, 0.717) is 10.8 Å². The normalized spacial score (nSPS) is 17.1. The Kier molecular flexibility index (Phi) is 1.76. The van der Waals surface area contributed by atoms with Crippen molar-refractivity contribution in [1.82, 2.24) is 0 Å². The largest absolute Gasteiger partial charge is 0.430 e. The summed E-state index contributed by atoms with van der Waals surface area (Å²) in [6.45, 7) is 1.37. The van der Waals surface area contributed by atoms with Gasteiger partial charge in [-0.1, -0.05) is 11.6 Å². The van der Waals surface area contributed by atoms with Crippen LogP contribution in [-0.2, 0) is 9.53 Å². The molecule has 1 rings (SSSR count). The van der Waals surface area contributed by atoms with Crippen LogP contribution in [0.25, 0.3) is 0 Å². The van der Waals surface area contributed by atoms with E-state index >= 15 is 0 Å². The predicted octanol–water partition coefficient (Wildman–Crippen LogP) is 1.79. The van der Waals surface area contributed by atoms with E-state index in [9.17, 15) is 4.79 Å². The molecule has 0 heterocycles. The van der Waals surface area contributed by atoms with Crippen molar-refractivity contribution >= 4 is 17.6 Å². The second-order valence-corrected chi connectivity index (χ2v) is 2.38. The van der Waals surface area contributed by atoms with E-state index in [4.69, 9.17) is 16.3 Å². The highest BCUT2D eigenvalue weighted by Gasteiger charge is 2.17. The fourth-order valence-electron chi connectivity index (χ4n) is 0.601. The lowest BCUT2D eigenvalue weighted by molar-refractivity contribution is -0.137. The van der Waals surface area contributed by atoms with Gasteiger partial charge in [0, 0.05) is 13.3 Å². The molecular weight excluding hydrogens is 140 g/mol. The molecule has 0 bridgehead atoms. The topological polar surface area (TPSA) is 26.3 Å². The third kappa shape index (κ3) is 1.45. The van der Waals surface area contributed by atoms with Gasteiger partial charge in [0.15, 0.2) is 0 Å². The molecule has 0 N–H and O–H groups in total. The van der Waals surface area contributed by atoms with Crippen molar-refractivity contribution in [3.63, 3.8) is 0 Å². The molecule has 0 atom stereocenters. The zero-order valence-corrected chi connectivity index (χ0v) is 5.86. The molecule has 0 radical (unpaired) electrons. The summed E-state index contributed by atoms with van der Waals surface area (Å²) in [4.78, 5) is 10.3. The fourth-order valence-corrected chi connectivity index (χ4v) is 0.829. The van der Waals surface area contributed by atoms with Crippen molar-refractivity contribution in [2.75, 3.05) is 0 Å². The summed E-state index contributed by atoms with van der Waals surface area (Å²) in [5.74, 6) is 0.354. The first kappa shape index (κ1) is 6.62. The summed E-state index contributed by atoms with van der Waals surface area (Å²) in [6.07, 6.45) is 1.66. The van der Waals surface area contributed by atoms with Crippen LogP contribution in [0.1, 0.15) is 19.8 Å². The Bertz CT molecular complexity index is 172. The van der Waals surface area contributed by atoms with E-state index in [2.05, 4.69) is 0 Å². The Morgan fingerprint density at radius 3 is 2.44 bits per heavy atom. The molecule has 0 aromatic rings. The third-order valence-corrected chi connectivity index (χ3v) is 1.54. The van der Waals surface area contributed by atoms with Gasteiger partial charge < -0.3 is 4.74 Å². The van der Waals surface area contributed by atoms with E-state index in [-0.39, 0.29) is 5.97 Å². The van der Waals surface area contributed by atoms with Gasteiger partial charge >= 0.3 is 5.97 Å². The van der Waals surface area contributed by atoms with Crippen molar-refractivity contribution in [3.8, 4) is 0 Å². The molecule has 0 aromatic heterocycles. The maximum absolute atomic E-state index is 10.3. The number of carbonyl (C=O) groups excluding carboxylic acids is 1. The minimum atomic E-state index is -0.289. The first-order valence-corrected chi connectivity index (χ1v) is 3.14. The monoisotopic (exact) mass is 146 g/mol. The van der Waals surface area contributed by atoms with Crippen LogP contribution < -0.4 is 0 Å². The summed E-state index contributed by atoms with van der Waals surface area (Å²) in [5.41, 5.74) is 0. The Balaban J connectivity index is 2.46. The van der Waals surface area contributed by atoms with Gasteiger partial charge in [-0.05, 0) is 6.42 Å². The van der Waals surface area contributed by atoms with Gasteiger partial charge in [0.25, 0.3) is 0 Å². The number of hydrogen-bond acceptors (Lipinski definition) is 2. The van der Waals surface area contributed by atoms with Crippen molar-refractivity contribution in [3.05, 3.63) is 10.8 Å². The molecule has 1 aliphatic rings. The highest BCUT2D eigenvalue weighted by molar-refractivity contribution is 6.30. The SMILES string of the molecule is CC(=O)OC1=C(Cl)CC1. The van der Waals surface area contributed by atoms with Gasteiger partial charge in [-0.15, -0.1) is 0 Å². The first-order chi connectivity index (χ1) is 4.20. The van der Waals surface area contributed by atoms with Gasteiger partial charge in [0.1, 0.15) is 5.76 Å². The molecule has 0 fully saturated rings. The van der Waals surface area contributed by atoms with Crippen molar-refractivity contribution in [2.45, 2.75) is 19.8 Å². The standard InChI is InChI=1S/C6H7ClO2/c1-4(8)9-6-3-2-5(6)7/h2-3H2,1H3. The molecule has 2 nitrogen and oxygen atoms in total. The molecule has 0 spiro atoms. The molecule has 0 amide bonds. The molecule has 1 aliphatic carbocycles. The Hall–Kier alpha value is -0.500. The van der Waals surface area contributed by atoms with Gasteiger partial charge in [-0.3, -0.25) is 4.79 Å². The lowest BCUT2D eigenvalue weighted by Gasteiger charge is -2.16. The predicted molar refractivity (Wildman–Crippen MR) is 33.9 cm³/mol. The maximum Gasteiger partial charge on any atom is 0.307 e. The van der Waals surface area contributed by atoms with Gasteiger partial charge in [0.2, 0.25) is 0 Å². The zero-order chi connectivity index (χ0) is 6.85. The molecule has 0 saturated carbocycles. The van der Waals surface area contributed by atoms with Crippen LogP contribution in [0.4, 0.5) is 0 Å². The summed E-state index contributed by atoms with van der Waals surface area (Å²) < 4.78 is 4.71. The summed E-state index contributed by atoms with van der Waals surface area (Å²) >= 11 is 5.56. The van der Waals surface area contributed by atoms with E-state index in [0.717, 1.165) is 12.8 Å². The van der Waals surface area contributed by atoms with E-state index in [1.807, 2.05) is 0 Å². The lowest BCUT2D eigenvalue weighted by atomic mass is 10.1. The number of allylic oxidation sites excluding steroid dienone is 2. The smallest absolute Gasteiger partial charge is 0.307 e. The van der Waals surface area contributed by atoms with Crippen LogP contribution in [0.3, 0.4) is 0 Å². The minimum absolute atomic E-state index is 0.289. The summed E-state index contributed by atoms with van der Waals surface area (Å²) in [5, 5.41) is 0.685. The average Bonchev–Trinajstić information content (AvgIpc) is 1.79. The van der Waals surface area contributed by atoms with E-state index < -0.39 is 0 Å². The van der Waals surface area contributed by atoms with Crippen LogP contribution in [-0.4, -0.2) is 5.97 Å². The Morgan fingerprint density at radius 2 is 2.33 bits per heavy atom. The number of halogens is 1. The van der Waals surface area contributed by atoms with Crippen molar-refractivity contribution in [2.24, 2.45) is 0 Å². The molecular formula is C6H7ClO2. The second-order valence-electron chi connectivity index (χ2n) is 1.92. The number of hydrogen-bond donors (Lipinski definition) is 0. The van der Waals surface area contributed by atoms with Gasteiger partial charge in [-0.25, -0.2) is 0 Å². The molecule has 0 aromatic carbocycles. The van der Waals surface area contributed by atoms with Gasteiger partial charge in [0.05, 0.1) is 5.03 Å². The van der Waals surface area contributed by atoms with Crippen molar-refractivity contribution in [1.29, 1.82) is 0 Å². The fraction of sp³-hybridized carbons (Fsp3) is 0.500. The number of rotatable bonds is 1. The zero-order valence-electron chi connectivity index (χ0n) is 5.11. The highest BCUT2D eigenvalue weighted by atomic mass is 35.5. The first-order valence-electron chi connectivity index (χ1n) is 2.76. The molecule has 9 heavy (non-hydrogen) atoms. The van der Waals surface area contributed by atoms with Crippen LogP contribution >= 0.6 is 11.6 Å². The molecule has 0 unspecified atom stereocenters. The van der Waals surface area contributed by atoms with Crippen LogP contribution in [0, 0.1) is 0 Å². The Morgan fingerprint density at radius 1 is 1.67 bits per heavy atom. The van der Waals surface area contributed by atoms with E-state index in [1.54, 1.807) is 0 Å². The highest BCUT2D eigenvalue weighted by Crippen LogP contribution is 2.31. The lowest BCUT2D eigenvalue weighted by Crippen LogP contribution is -2.07. The molecule has 0 saturated heterocycles. The molecule has 0 aliphatic heterocycles. The van der Waals surface area contributed by atoms with E-state index in [1.165, 1.54) is 6.92 Å². The van der Waals surface area contributed by atoms with Gasteiger partial charge in [-0.2, -0.15) is 0 Å². The maximum atomic E-state index is 10.3. The summed E-state index contributed by atoms with van der Waals surface area (Å²) in [7, 11) is 0. The van der Waals surface area contributed by atoms with Crippen LogP contribution in [0.15, 0.2) is 10.8 Å². The molecule has 3 heteroatoms. The quantitative estimate of drug-likeness (QED) is 0.528. The van der Waals surface area contributed by atoms with Crippen molar-refractivity contribution < 1.29 is 9.53 Å². The number of esters is 1. The number of ether oxygens (including phenoxy) is 1. The summed E-state index contributed by atoms with van der Waals surface area (Å²) in [6, 6.07) is 0. The Labute approximate surface area is 58.4 Å². The molecule has 50 valence electrons. The second kappa shape index (κ2) is 2.40. The third-order valence-electron chi connectivity index (χ3n) is 1.14. The minimum Gasteiger partial charge on any atom is -0.430 e. The number of carbonyl (C=O) groups is 1.